The second-order valence-electron chi connectivity index (χ2n) is 9.57. The number of sulfonamides is 1. The molecule has 2 fully saturated rings. The molecule has 0 amide bonds. The van der Waals surface area contributed by atoms with E-state index in [2.05, 4.69) is 15.8 Å². The molecule has 0 saturated heterocycles. The molecule has 1 heterocycles. The molecule has 5 nitrogen and oxygen atoms in total. The van der Waals surface area contributed by atoms with E-state index in [0.717, 1.165) is 41.2 Å². The van der Waals surface area contributed by atoms with Crippen LogP contribution in [0.1, 0.15) is 55.6 Å². The van der Waals surface area contributed by atoms with E-state index in [9.17, 15) is 13.2 Å². The Labute approximate surface area is 208 Å². The van der Waals surface area contributed by atoms with E-state index in [1.54, 1.807) is 18.3 Å². The number of carbonyl (C=O) groups is 1. The van der Waals surface area contributed by atoms with Gasteiger partial charge in [0.25, 0.3) is 0 Å². The predicted molar refractivity (Wildman–Crippen MR) is 140 cm³/mol. The molecule has 2 aromatic carbocycles. The fourth-order valence-electron chi connectivity index (χ4n) is 5.09. The van der Waals surface area contributed by atoms with Gasteiger partial charge in [-0.25, -0.2) is 13.1 Å². The minimum Gasteiger partial charge on any atom is -0.299 e. The molecule has 0 bridgehead atoms. The van der Waals surface area contributed by atoms with Crippen LogP contribution in [0.2, 0.25) is 0 Å². The van der Waals surface area contributed by atoms with Gasteiger partial charge in [-0.1, -0.05) is 49.6 Å². The average molecular weight is 497 g/mol. The van der Waals surface area contributed by atoms with Crippen LogP contribution in [0.4, 0.5) is 0 Å². The fraction of sp³-hybridized carbons (Fsp3) is 0.407. The van der Waals surface area contributed by atoms with Crippen molar-refractivity contribution in [2.24, 2.45) is 11.8 Å². The van der Waals surface area contributed by atoms with Gasteiger partial charge in [0.15, 0.2) is 0 Å². The molecule has 0 spiro atoms. The van der Waals surface area contributed by atoms with Crippen LogP contribution in [0.25, 0.3) is 10.8 Å². The van der Waals surface area contributed by atoms with Gasteiger partial charge in [-0.15, -0.1) is 0 Å². The number of ketones is 1. The summed E-state index contributed by atoms with van der Waals surface area (Å²) in [5, 5.41) is 2.16. The Morgan fingerprint density at radius 1 is 0.971 bits per heavy atom. The molecule has 2 saturated carbocycles. The van der Waals surface area contributed by atoms with Gasteiger partial charge in [-0.2, -0.15) is 13.5 Å². The molecule has 5 rings (SSSR count). The molecular weight excluding hydrogens is 464 g/mol. The van der Waals surface area contributed by atoms with E-state index in [1.165, 1.54) is 19.3 Å². The Kier molecular flexibility index (Phi) is 7.75. The van der Waals surface area contributed by atoms with Crippen molar-refractivity contribution in [1.82, 2.24) is 9.71 Å². The summed E-state index contributed by atoms with van der Waals surface area (Å²) in [6, 6.07) is 15.1. The lowest BCUT2D eigenvalue weighted by molar-refractivity contribution is -0.119. The lowest BCUT2D eigenvalue weighted by atomic mass is 9.90. The summed E-state index contributed by atoms with van der Waals surface area (Å²) >= 11 is 0. The van der Waals surface area contributed by atoms with Crippen LogP contribution in [0.3, 0.4) is 0 Å². The zero-order chi connectivity index (χ0) is 22.8. The molecule has 0 aliphatic heterocycles. The standard InChI is InChI=1S/C27H30N2O3S.H2S/c30-27(15-20-6-7-23-18-28-13-12-22(23)14-20)26-16-25(26)21-8-10-24(11-9-21)33(31,32)29-17-19-4-2-1-3-5-19;/h6-14,18-19,25-26,29H,1-5,15-17H2;1H2/t25-,26+;/m0./s1. The zero-order valence-electron chi connectivity index (χ0n) is 19.2. The van der Waals surface area contributed by atoms with Crippen molar-refractivity contribution in [2.45, 2.75) is 55.8 Å². The first-order valence-corrected chi connectivity index (χ1v) is 13.4. The highest BCUT2D eigenvalue weighted by molar-refractivity contribution is 7.89. The first-order chi connectivity index (χ1) is 16.0. The molecule has 0 radical (unpaired) electrons. The van der Waals surface area contributed by atoms with Crippen molar-refractivity contribution >= 4 is 40.1 Å². The van der Waals surface area contributed by atoms with Gasteiger partial charge in [0.05, 0.1) is 4.90 Å². The van der Waals surface area contributed by atoms with E-state index in [4.69, 9.17) is 0 Å². The number of hydrogen-bond acceptors (Lipinski definition) is 4. The highest BCUT2D eigenvalue weighted by Gasteiger charge is 2.43. The molecular formula is C27H32N2O3S2. The number of nitrogens with zero attached hydrogens (tertiary/aromatic N) is 1. The number of Topliss-reactive ketones (excluding diaryl/α,β-unsaturated/α-hetero) is 1. The topological polar surface area (TPSA) is 76.1 Å². The van der Waals surface area contributed by atoms with Gasteiger partial charge in [0.1, 0.15) is 5.78 Å². The van der Waals surface area contributed by atoms with E-state index in [0.29, 0.717) is 23.8 Å². The summed E-state index contributed by atoms with van der Waals surface area (Å²) in [6.45, 7) is 0.522. The first-order valence-electron chi connectivity index (χ1n) is 11.9. The number of benzene rings is 2. The summed E-state index contributed by atoms with van der Waals surface area (Å²) in [7, 11) is -3.49. The van der Waals surface area contributed by atoms with E-state index < -0.39 is 10.0 Å². The number of hydrogen-bond donors (Lipinski definition) is 1. The molecule has 1 N–H and O–H groups in total. The minimum absolute atomic E-state index is 0. The maximum Gasteiger partial charge on any atom is 0.240 e. The SMILES string of the molecule is O=C(Cc1ccc2cnccc2c1)[C@@H]1C[C@H]1c1ccc(S(=O)(=O)NCC2CCCCC2)cc1.S. The normalized spacial score (nSPS) is 20.6. The van der Waals surface area contributed by atoms with Crippen molar-refractivity contribution in [1.29, 1.82) is 0 Å². The minimum atomic E-state index is -3.49. The molecule has 3 aromatic rings. The van der Waals surface area contributed by atoms with Gasteiger partial charge in [0.2, 0.25) is 10.0 Å². The van der Waals surface area contributed by atoms with E-state index in [-0.39, 0.29) is 31.1 Å². The van der Waals surface area contributed by atoms with Gasteiger partial charge < -0.3 is 0 Å². The van der Waals surface area contributed by atoms with E-state index in [1.807, 2.05) is 36.5 Å². The number of rotatable bonds is 8. The monoisotopic (exact) mass is 496 g/mol. The van der Waals surface area contributed by atoms with Crippen molar-refractivity contribution in [2.75, 3.05) is 6.54 Å². The molecule has 0 unspecified atom stereocenters. The Balaban J connectivity index is 0.00000274. The summed E-state index contributed by atoms with van der Waals surface area (Å²) in [6.07, 6.45) is 10.7. The van der Waals surface area contributed by atoms with Crippen LogP contribution in [-0.2, 0) is 21.2 Å². The molecule has 7 heteroatoms. The Hall–Kier alpha value is -2.22. The average Bonchev–Trinajstić information content (AvgIpc) is 3.65. The number of pyridine rings is 1. The van der Waals surface area contributed by atoms with Crippen LogP contribution in [0.15, 0.2) is 65.8 Å². The van der Waals surface area contributed by atoms with Crippen LogP contribution < -0.4 is 4.72 Å². The van der Waals surface area contributed by atoms with Crippen LogP contribution in [-0.4, -0.2) is 25.7 Å². The lowest BCUT2D eigenvalue weighted by Gasteiger charge is -2.21. The third kappa shape index (κ3) is 5.70. The Bertz CT molecular complexity index is 1250. The number of carbonyl (C=O) groups excluding carboxylic acids is 1. The van der Waals surface area contributed by atoms with Crippen molar-refractivity contribution in [3.8, 4) is 0 Å². The molecule has 2 aliphatic rings. The zero-order valence-corrected chi connectivity index (χ0v) is 21.1. The van der Waals surface area contributed by atoms with Crippen molar-refractivity contribution in [3.05, 3.63) is 72.1 Å². The lowest BCUT2D eigenvalue weighted by Crippen LogP contribution is -2.30. The van der Waals surface area contributed by atoms with Gasteiger partial charge in [-0.3, -0.25) is 9.78 Å². The van der Waals surface area contributed by atoms with Crippen LogP contribution in [0, 0.1) is 11.8 Å². The van der Waals surface area contributed by atoms with Crippen molar-refractivity contribution in [3.63, 3.8) is 0 Å². The summed E-state index contributed by atoms with van der Waals surface area (Å²) < 4.78 is 28.1. The molecule has 2 aliphatic carbocycles. The third-order valence-corrected chi connectivity index (χ3v) is 8.63. The molecule has 2 atom stereocenters. The number of nitrogens with one attached hydrogen (secondary N) is 1. The number of fused-ring (bicyclic) bond motifs is 1. The molecule has 34 heavy (non-hydrogen) atoms. The second kappa shape index (κ2) is 10.6. The summed E-state index contributed by atoms with van der Waals surface area (Å²) in [4.78, 5) is 17.3. The quantitative estimate of drug-likeness (QED) is 0.470. The fourth-order valence-corrected chi connectivity index (χ4v) is 6.21. The Morgan fingerprint density at radius 3 is 2.50 bits per heavy atom. The van der Waals surface area contributed by atoms with Gasteiger partial charge in [-0.05, 0) is 65.8 Å². The first kappa shape index (κ1) is 24.9. The van der Waals surface area contributed by atoms with Crippen LogP contribution >= 0.6 is 13.5 Å². The maximum absolute atomic E-state index is 12.8. The van der Waals surface area contributed by atoms with E-state index >= 15 is 0 Å². The van der Waals surface area contributed by atoms with Gasteiger partial charge >= 0.3 is 0 Å². The van der Waals surface area contributed by atoms with Crippen LogP contribution in [0.5, 0.6) is 0 Å². The molecule has 1 aromatic heterocycles. The largest absolute Gasteiger partial charge is 0.299 e. The number of aromatic nitrogens is 1. The predicted octanol–water partition coefficient (Wildman–Crippen LogP) is 5.12. The highest BCUT2D eigenvalue weighted by Crippen LogP contribution is 2.48. The smallest absolute Gasteiger partial charge is 0.240 e. The third-order valence-electron chi connectivity index (χ3n) is 7.19. The summed E-state index contributed by atoms with van der Waals surface area (Å²) in [5.74, 6) is 0.906. The van der Waals surface area contributed by atoms with Crippen molar-refractivity contribution < 1.29 is 13.2 Å². The van der Waals surface area contributed by atoms with Gasteiger partial charge in [0, 0.05) is 36.7 Å². The Morgan fingerprint density at radius 2 is 1.74 bits per heavy atom. The second-order valence-corrected chi connectivity index (χ2v) is 11.3. The molecule has 180 valence electrons. The highest BCUT2D eigenvalue weighted by atomic mass is 32.2. The maximum atomic E-state index is 12.8. The summed E-state index contributed by atoms with van der Waals surface area (Å²) in [5.41, 5.74) is 2.07.